The number of rotatable bonds is 3. The highest BCUT2D eigenvalue weighted by Gasteiger charge is 2.32. The number of hydrogen-bond donors (Lipinski definition) is 1. The minimum Gasteiger partial charge on any atom is -0.489 e. The van der Waals surface area contributed by atoms with Crippen LogP contribution in [0.15, 0.2) is 24.4 Å². The van der Waals surface area contributed by atoms with Gasteiger partial charge in [-0.1, -0.05) is 0 Å². The maximum absolute atomic E-state index is 12.6. The molecule has 0 radical (unpaired) electrons. The van der Waals surface area contributed by atoms with E-state index in [1.807, 2.05) is 13.0 Å². The van der Waals surface area contributed by atoms with Gasteiger partial charge in [-0.05, 0) is 30.7 Å². The largest absolute Gasteiger partial charge is 0.489 e. The summed E-state index contributed by atoms with van der Waals surface area (Å²) in [5.41, 5.74) is 1.41. The summed E-state index contributed by atoms with van der Waals surface area (Å²) in [6.45, 7) is 3.81. The lowest BCUT2D eigenvalue weighted by atomic mass is 10.1. The summed E-state index contributed by atoms with van der Waals surface area (Å²) in [4.78, 5) is 22.0. The van der Waals surface area contributed by atoms with E-state index >= 15 is 0 Å². The minimum absolute atomic E-state index is 0.0885. The SMILES string of the molecule is Cc1cc2c(nc1N1CCC(Oc3ccc(C(F)(F)F)nc3)CC1)CNC2=O. The van der Waals surface area contributed by atoms with E-state index in [0.29, 0.717) is 30.9 Å². The van der Waals surface area contributed by atoms with Crippen LogP contribution in [0.25, 0.3) is 0 Å². The van der Waals surface area contributed by atoms with Gasteiger partial charge < -0.3 is 15.0 Å². The van der Waals surface area contributed by atoms with Crippen LogP contribution in [0.1, 0.15) is 40.2 Å². The van der Waals surface area contributed by atoms with E-state index in [-0.39, 0.29) is 12.0 Å². The van der Waals surface area contributed by atoms with Crippen molar-refractivity contribution in [2.45, 2.75) is 38.6 Å². The van der Waals surface area contributed by atoms with Crippen LogP contribution in [0.2, 0.25) is 0 Å². The fraction of sp³-hybridized carbons (Fsp3) is 0.421. The maximum Gasteiger partial charge on any atom is 0.433 e. The Bertz CT molecular complexity index is 891. The molecule has 28 heavy (non-hydrogen) atoms. The predicted molar refractivity (Wildman–Crippen MR) is 95.2 cm³/mol. The van der Waals surface area contributed by atoms with Crippen molar-refractivity contribution in [1.82, 2.24) is 15.3 Å². The number of nitrogens with one attached hydrogen (secondary N) is 1. The number of pyridine rings is 2. The topological polar surface area (TPSA) is 67.3 Å². The molecule has 2 aliphatic heterocycles. The van der Waals surface area contributed by atoms with Gasteiger partial charge in [0.25, 0.3) is 5.91 Å². The Hall–Kier alpha value is -2.84. The molecule has 0 aliphatic carbocycles. The number of halogens is 3. The number of ether oxygens (including phenoxy) is 1. The number of hydrogen-bond acceptors (Lipinski definition) is 5. The van der Waals surface area contributed by atoms with E-state index in [9.17, 15) is 18.0 Å². The van der Waals surface area contributed by atoms with Gasteiger partial charge in [-0.2, -0.15) is 13.2 Å². The monoisotopic (exact) mass is 392 g/mol. The summed E-state index contributed by atoms with van der Waals surface area (Å²) in [6.07, 6.45) is -1.99. The molecule has 0 saturated carbocycles. The van der Waals surface area contributed by atoms with Gasteiger partial charge in [0.15, 0.2) is 0 Å². The van der Waals surface area contributed by atoms with Crippen LogP contribution in [-0.4, -0.2) is 35.1 Å². The van der Waals surface area contributed by atoms with Gasteiger partial charge >= 0.3 is 6.18 Å². The molecule has 6 nitrogen and oxygen atoms in total. The number of alkyl halides is 3. The Morgan fingerprint density at radius 1 is 1.25 bits per heavy atom. The number of carbonyl (C=O) groups excluding carboxylic acids is 1. The highest BCUT2D eigenvalue weighted by molar-refractivity contribution is 5.98. The highest BCUT2D eigenvalue weighted by atomic mass is 19.4. The molecule has 4 heterocycles. The van der Waals surface area contributed by atoms with Crippen molar-refractivity contribution < 1.29 is 22.7 Å². The molecule has 0 aromatic carbocycles. The van der Waals surface area contributed by atoms with Crippen LogP contribution in [-0.2, 0) is 12.7 Å². The van der Waals surface area contributed by atoms with Gasteiger partial charge in [0.05, 0.1) is 24.0 Å². The lowest BCUT2D eigenvalue weighted by molar-refractivity contribution is -0.141. The second-order valence-corrected chi connectivity index (χ2v) is 6.99. The molecule has 0 unspecified atom stereocenters. The van der Waals surface area contributed by atoms with E-state index in [1.54, 1.807) is 0 Å². The molecule has 0 spiro atoms. The molecule has 9 heteroatoms. The van der Waals surface area contributed by atoms with Gasteiger partial charge in [0, 0.05) is 25.9 Å². The first-order chi connectivity index (χ1) is 13.3. The molecule has 1 N–H and O–H groups in total. The maximum atomic E-state index is 12.6. The van der Waals surface area contributed by atoms with E-state index < -0.39 is 11.9 Å². The average Bonchev–Trinajstić information content (AvgIpc) is 3.02. The van der Waals surface area contributed by atoms with Crippen molar-refractivity contribution in [1.29, 1.82) is 0 Å². The van der Waals surface area contributed by atoms with Gasteiger partial charge in [-0.3, -0.25) is 4.79 Å². The molecule has 2 aromatic heterocycles. The van der Waals surface area contributed by atoms with Crippen molar-refractivity contribution in [2.75, 3.05) is 18.0 Å². The fourth-order valence-corrected chi connectivity index (χ4v) is 3.55. The van der Waals surface area contributed by atoms with Crippen molar-refractivity contribution in [3.63, 3.8) is 0 Å². The van der Waals surface area contributed by atoms with Crippen molar-refractivity contribution >= 4 is 11.7 Å². The standard InChI is InChI=1S/C19H19F3N4O2/c1-11-8-14-15(10-24-18(14)27)25-17(11)26-6-4-12(5-7-26)28-13-2-3-16(23-9-13)19(20,21)22/h2-3,8-9,12H,4-7,10H2,1H3,(H,24,27). The molecule has 0 atom stereocenters. The second-order valence-electron chi connectivity index (χ2n) is 6.99. The quantitative estimate of drug-likeness (QED) is 0.870. The Morgan fingerprint density at radius 3 is 2.64 bits per heavy atom. The summed E-state index contributed by atoms with van der Waals surface area (Å²) >= 11 is 0. The van der Waals surface area contributed by atoms with Gasteiger partial charge in [-0.25, -0.2) is 9.97 Å². The van der Waals surface area contributed by atoms with Crippen LogP contribution in [0.5, 0.6) is 5.75 Å². The first kappa shape index (κ1) is 18.5. The zero-order chi connectivity index (χ0) is 19.9. The molecule has 4 rings (SSSR count). The number of carbonyl (C=O) groups is 1. The van der Waals surface area contributed by atoms with Gasteiger partial charge in [0.1, 0.15) is 23.4 Å². The van der Waals surface area contributed by atoms with Crippen LogP contribution in [0.3, 0.4) is 0 Å². The Balaban J connectivity index is 1.38. The number of piperidine rings is 1. The van der Waals surface area contributed by atoms with Crippen molar-refractivity contribution in [2.24, 2.45) is 0 Å². The Labute approximate surface area is 159 Å². The summed E-state index contributed by atoms with van der Waals surface area (Å²) in [5, 5.41) is 2.77. The lowest BCUT2D eigenvalue weighted by Crippen LogP contribution is -2.39. The molecule has 1 saturated heterocycles. The third kappa shape index (κ3) is 3.61. The number of aromatic nitrogens is 2. The van der Waals surface area contributed by atoms with Crippen molar-refractivity contribution in [3.8, 4) is 5.75 Å². The number of anilines is 1. The van der Waals surface area contributed by atoms with E-state index in [4.69, 9.17) is 4.74 Å². The third-order valence-electron chi connectivity index (χ3n) is 5.00. The Morgan fingerprint density at radius 2 is 2.00 bits per heavy atom. The first-order valence-corrected chi connectivity index (χ1v) is 9.05. The van der Waals surface area contributed by atoms with E-state index in [1.165, 1.54) is 6.07 Å². The molecule has 2 aromatic rings. The summed E-state index contributed by atoms with van der Waals surface area (Å²) < 4.78 is 43.5. The van der Waals surface area contributed by atoms with E-state index in [2.05, 4.69) is 20.2 Å². The number of aryl methyl sites for hydroxylation is 1. The predicted octanol–water partition coefficient (Wildman–Crippen LogP) is 3.10. The summed E-state index contributed by atoms with van der Waals surface area (Å²) in [7, 11) is 0. The lowest BCUT2D eigenvalue weighted by Gasteiger charge is -2.33. The van der Waals surface area contributed by atoms with Crippen LogP contribution in [0.4, 0.5) is 19.0 Å². The zero-order valence-corrected chi connectivity index (χ0v) is 15.2. The highest BCUT2D eigenvalue weighted by Crippen LogP contribution is 2.30. The smallest absolute Gasteiger partial charge is 0.433 e. The molecule has 1 amide bonds. The molecule has 0 bridgehead atoms. The second kappa shape index (κ2) is 6.96. The molecule has 1 fully saturated rings. The van der Waals surface area contributed by atoms with E-state index in [0.717, 1.165) is 42.2 Å². The molecule has 2 aliphatic rings. The minimum atomic E-state index is -4.45. The van der Waals surface area contributed by atoms with Crippen LogP contribution in [0, 0.1) is 6.92 Å². The number of nitrogens with zero attached hydrogens (tertiary/aromatic N) is 3. The van der Waals surface area contributed by atoms with Gasteiger partial charge in [-0.15, -0.1) is 0 Å². The van der Waals surface area contributed by atoms with Crippen molar-refractivity contribution in [3.05, 3.63) is 46.9 Å². The number of amides is 1. The normalized spacial score (nSPS) is 17.4. The molecular weight excluding hydrogens is 373 g/mol. The average molecular weight is 392 g/mol. The fourth-order valence-electron chi connectivity index (χ4n) is 3.55. The number of fused-ring (bicyclic) bond motifs is 1. The molecular formula is C19H19F3N4O2. The van der Waals surface area contributed by atoms with Crippen LogP contribution >= 0.6 is 0 Å². The molecule has 148 valence electrons. The van der Waals surface area contributed by atoms with Crippen LogP contribution < -0.4 is 15.0 Å². The van der Waals surface area contributed by atoms with Gasteiger partial charge in [0.2, 0.25) is 0 Å². The third-order valence-corrected chi connectivity index (χ3v) is 5.00. The summed E-state index contributed by atoms with van der Waals surface area (Å²) in [5.74, 6) is 1.11. The zero-order valence-electron chi connectivity index (χ0n) is 15.2. The summed E-state index contributed by atoms with van der Waals surface area (Å²) in [6, 6.07) is 4.10. The first-order valence-electron chi connectivity index (χ1n) is 9.05. The Kier molecular flexibility index (Phi) is 4.60.